The van der Waals surface area contributed by atoms with E-state index in [1.807, 2.05) is 0 Å². The van der Waals surface area contributed by atoms with E-state index in [2.05, 4.69) is 0 Å². The van der Waals surface area contributed by atoms with Crippen molar-refractivity contribution < 1.29 is 27.8 Å². The number of aliphatic hydroxyl groups is 1. The van der Waals surface area contributed by atoms with Gasteiger partial charge in [0, 0.05) is 31.3 Å². The zero-order valence-electron chi connectivity index (χ0n) is 17.1. The average molecular weight is 431 g/mol. The van der Waals surface area contributed by atoms with E-state index >= 15 is 0 Å². The molecule has 1 N–H and O–H groups in total. The number of nitrogens with zero attached hydrogens (tertiary/aromatic N) is 1. The second kappa shape index (κ2) is 10.8. The molecule has 0 saturated carbocycles. The van der Waals surface area contributed by atoms with Crippen LogP contribution in [0.1, 0.15) is 11.1 Å². The molecule has 0 aliphatic rings. The minimum absolute atomic E-state index is 0.0259. The van der Waals surface area contributed by atoms with Gasteiger partial charge in [0.15, 0.2) is 0 Å². The number of methoxy groups -OCH3 is 1. The molecule has 7 heteroatoms. The maximum Gasteiger partial charge on any atom is 0.130 e. The topological polar surface area (TPSA) is 41.9 Å². The second-order valence-corrected chi connectivity index (χ2v) is 7.17. The monoisotopic (exact) mass is 431 g/mol. The molecule has 1 atom stereocenters. The van der Waals surface area contributed by atoms with E-state index in [1.165, 1.54) is 24.3 Å². The Balaban J connectivity index is 1.65. The van der Waals surface area contributed by atoms with Gasteiger partial charge in [-0.1, -0.05) is 18.2 Å². The minimum Gasteiger partial charge on any atom is -0.497 e. The van der Waals surface area contributed by atoms with E-state index in [-0.39, 0.29) is 25.5 Å². The molecular formula is C24H24F3NO3. The van der Waals surface area contributed by atoms with Crippen LogP contribution in [0.2, 0.25) is 0 Å². The largest absolute Gasteiger partial charge is 0.497 e. The first-order valence-corrected chi connectivity index (χ1v) is 9.78. The fraction of sp³-hybridized carbons (Fsp3) is 0.250. The van der Waals surface area contributed by atoms with Crippen LogP contribution in [-0.2, 0) is 13.1 Å². The molecule has 0 fully saturated rings. The van der Waals surface area contributed by atoms with E-state index in [9.17, 15) is 18.3 Å². The quantitative estimate of drug-likeness (QED) is 0.511. The summed E-state index contributed by atoms with van der Waals surface area (Å²) >= 11 is 0. The summed E-state index contributed by atoms with van der Waals surface area (Å²) in [5, 5.41) is 10.5. The van der Waals surface area contributed by atoms with Crippen molar-refractivity contribution in [2.24, 2.45) is 0 Å². The lowest BCUT2D eigenvalue weighted by molar-refractivity contribution is 0.0624. The van der Waals surface area contributed by atoms with Crippen molar-refractivity contribution in [1.29, 1.82) is 0 Å². The van der Waals surface area contributed by atoms with Gasteiger partial charge < -0.3 is 14.6 Å². The number of ether oxygens (including phenoxy) is 2. The molecule has 4 nitrogen and oxygen atoms in total. The smallest absolute Gasteiger partial charge is 0.130 e. The van der Waals surface area contributed by atoms with Crippen molar-refractivity contribution in [2.75, 3.05) is 20.3 Å². The summed E-state index contributed by atoms with van der Waals surface area (Å²) in [7, 11) is 1.57. The lowest BCUT2D eigenvalue weighted by Gasteiger charge is -2.25. The molecule has 0 aromatic heterocycles. The lowest BCUT2D eigenvalue weighted by atomic mass is 10.1. The minimum atomic E-state index is -0.869. The highest BCUT2D eigenvalue weighted by Gasteiger charge is 2.16. The van der Waals surface area contributed by atoms with Crippen molar-refractivity contribution in [2.45, 2.75) is 19.2 Å². The van der Waals surface area contributed by atoms with Crippen LogP contribution in [0.4, 0.5) is 13.2 Å². The first-order valence-electron chi connectivity index (χ1n) is 9.78. The van der Waals surface area contributed by atoms with Crippen molar-refractivity contribution in [3.63, 3.8) is 0 Å². The van der Waals surface area contributed by atoms with Gasteiger partial charge in [0.1, 0.15) is 41.7 Å². The van der Waals surface area contributed by atoms with Gasteiger partial charge in [-0.3, -0.25) is 4.90 Å². The van der Waals surface area contributed by atoms with E-state index in [0.717, 1.165) is 11.6 Å². The Morgan fingerprint density at radius 1 is 0.839 bits per heavy atom. The Kier molecular flexibility index (Phi) is 7.92. The number of hydrogen-bond donors (Lipinski definition) is 1. The van der Waals surface area contributed by atoms with E-state index in [1.54, 1.807) is 48.4 Å². The molecule has 3 rings (SSSR count). The van der Waals surface area contributed by atoms with E-state index in [0.29, 0.717) is 23.6 Å². The standard InChI is InChI=1S/C24H24F3NO3/c1-30-22-8-10-23(11-9-22)31-16-21(29)15-28(13-17-2-5-19(25)6-3-17)14-18-4-7-20(26)12-24(18)27/h2-12,21,29H,13-16H2,1H3/t21-/m1/s1. The van der Waals surface area contributed by atoms with Gasteiger partial charge in [-0.2, -0.15) is 0 Å². The van der Waals surface area contributed by atoms with Gasteiger partial charge in [-0.15, -0.1) is 0 Å². The molecule has 3 aromatic rings. The van der Waals surface area contributed by atoms with Gasteiger partial charge in [0.05, 0.1) is 7.11 Å². The molecule has 0 spiro atoms. The average Bonchev–Trinajstić information content (AvgIpc) is 2.76. The van der Waals surface area contributed by atoms with Crippen LogP contribution in [0.3, 0.4) is 0 Å². The van der Waals surface area contributed by atoms with Crippen LogP contribution in [0.5, 0.6) is 11.5 Å². The Labute approximate surface area is 179 Å². The third-order valence-corrected chi connectivity index (χ3v) is 4.70. The first-order chi connectivity index (χ1) is 14.9. The van der Waals surface area contributed by atoms with Gasteiger partial charge in [-0.05, 0) is 48.0 Å². The fourth-order valence-electron chi connectivity index (χ4n) is 3.14. The summed E-state index contributed by atoms with van der Waals surface area (Å²) in [5.41, 5.74) is 1.10. The normalized spacial score (nSPS) is 12.1. The second-order valence-electron chi connectivity index (χ2n) is 7.17. The van der Waals surface area contributed by atoms with Crippen LogP contribution in [0.25, 0.3) is 0 Å². The molecule has 164 valence electrons. The highest BCUT2D eigenvalue weighted by Crippen LogP contribution is 2.18. The molecule has 0 aliphatic carbocycles. The van der Waals surface area contributed by atoms with Crippen LogP contribution in [0, 0.1) is 17.5 Å². The predicted octanol–water partition coefficient (Wildman–Crippen LogP) is 4.55. The van der Waals surface area contributed by atoms with Crippen LogP contribution < -0.4 is 9.47 Å². The fourth-order valence-corrected chi connectivity index (χ4v) is 3.14. The summed E-state index contributed by atoms with van der Waals surface area (Å²) in [6, 6.07) is 16.3. The van der Waals surface area contributed by atoms with Crippen molar-refractivity contribution in [3.05, 3.63) is 95.3 Å². The number of halogens is 3. The predicted molar refractivity (Wildman–Crippen MR) is 111 cm³/mol. The Morgan fingerprint density at radius 3 is 2.13 bits per heavy atom. The molecule has 0 saturated heterocycles. The summed E-state index contributed by atoms with van der Waals surface area (Å²) in [4.78, 5) is 1.80. The van der Waals surface area contributed by atoms with Crippen LogP contribution in [0.15, 0.2) is 66.7 Å². The summed E-state index contributed by atoms with van der Waals surface area (Å²) in [6.07, 6.45) is -0.869. The Bertz CT molecular complexity index is 965. The summed E-state index contributed by atoms with van der Waals surface area (Å²) in [6.45, 7) is 0.683. The van der Waals surface area contributed by atoms with Gasteiger partial charge >= 0.3 is 0 Å². The Hall–Kier alpha value is -3.03. The Morgan fingerprint density at radius 2 is 1.48 bits per heavy atom. The third-order valence-electron chi connectivity index (χ3n) is 4.70. The third kappa shape index (κ3) is 7.01. The highest BCUT2D eigenvalue weighted by molar-refractivity contribution is 5.31. The van der Waals surface area contributed by atoms with Crippen LogP contribution >= 0.6 is 0 Å². The molecule has 0 bridgehead atoms. The van der Waals surface area contributed by atoms with Crippen molar-refractivity contribution in [3.8, 4) is 11.5 Å². The molecule has 0 heterocycles. The molecule has 0 amide bonds. The van der Waals surface area contributed by atoms with Gasteiger partial charge in [-0.25, -0.2) is 13.2 Å². The number of rotatable bonds is 10. The van der Waals surface area contributed by atoms with E-state index in [4.69, 9.17) is 9.47 Å². The SMILES string of the molecule is COc1ccc(OC[C@H](O)CN(Cc2ccc(F)cc2)Cc2ccc(F)cc2F)cc1. The zero-order valence-corrected chi connectivity index (χ0v) is 17.1. The molecule has 0 unspecified atom stereocenters. The zero-order chi connectivity index (χ0) is 22.2. The number of benzene rings is 3. The molecule has 0 radical (unpaired) electrons. The van der Waals surface area contributed by atoms with Crippen molar-refractivity contribution >= 4 is 0 Å². The van der Waals surface area contributed by atoms with E-state index < -0.39 is 17.7 Å². The van der Waals surface area contributed by atoms with Gasteiger partial charge in [0.25, 0.3) is 0 Å². The maximum absolute atomic E-state index is 14.2. The number of aliphatic hydroxyl groups excluding tert-OH is 1. The first kappa shape index (κ1) is 22.7. The lowest BCUT2D eigenvalue weighted by Crippen LogP contribution is -2.35. The summed E-state index contributed by atoms with van der Waals surface area (Å²) < 4.78 is 51.3. The van der Waals surface area contributed by atoms with Crippen molar-refractivity contribution in [1.82, 2.24) is 4.90 Å². The summed E-state index contributed by atoms with van der Waals surface area (Å²) in [5.74, 6) is -0.394. The molecule has 31 heavy (non-hydrogen) atoms. The highest BCUT2D eigenvalue weighted by atomic mass is 19.1. The number of hydrogen-bond acceptors (Lipinski definition) is 4. The van der Waals surface area contributed by atoms with Gasteiger partial charge in [0.2, 0.25) is 0 Å². The maximum atomic E-state index is 14.2. The molecule has 3 aromatic carbocycles. The van der Waals surface area contributed by atoms with Crippen LogP contribution in [-0.4, -0.2) is 36.4 Å². The molecular weight excluding hydrogens is 407 g/mol. The molecule has 0 aliphatic heterocycles.